The molecule has 5 nitrogen and oxygen atoms in total. The predicted molar refractivity (Wildman–Crippen MR) is 123 cm³/mol. The Morgan fingerprint density at radius 3 is 2.31 bits per heavy atom. The van der Waals surface area contributed by atoms with E-state index < -0.39 is 16.6 Å². The lowest BCUT2D eigenvalue weighted by atomic mass is 9.80. The van der Waals surface area contributed by atoms with Crippen molar-refractivity contribution < 1.29 is 13.7 Å². The number of nitrogens with zero attached hydrogens (tertiary/aromatic N) is 1. The Kier molecular flexibility index (Phi) is 8.33. The first-order valence-corrected chi connectivity index (χ1v) is 12.2. The van der Waals surface area contributed by atoms with E-state index in [1.54, 1.807) is 4.90 Å². The van der Waals surface area contributed by atoms with Gasteiger partial charge in [0.15, 0.2) is 0 Å². The van der Waals surface area contributed by atoms with Crippen molar-refractivity contribution in [2.75, 3.05) is 19.6 Å². The molecule has 1 unspecified atom stereocenters. The minimum Gasteiger partial charge on any atom is -0.444 e. The number of hydrogen-bond acceptors (Lipinski definition) is 3. The van der Waals surface area contributed by atoms with Gasteiger partial charge in [-0.05, 0) is 71.9 Å². The lowest BCUT2D eigenvalue weighted by Crippen LogP contribution is -2.44. The summed E-state index contributed by atoms with van der Waals surface area (Å²) in [5, 5.41) is 0. The summed E-state index contributed by atoms with van der Waals surface area (Å²) < 4.78 is 22.1. The van der Waals surface area contributed by atoms with Crippen LogP contribution >= 0.6 is 15.9 Å². The van der Waals surface area contributed by atoms with Crippen LogP contribution in [0.4, 0.5) is 4.79 Å². The summed E-state index contributed by atoms with van der Waals surface area (Å²) in [6, 6.07) is 8.25. The molecule has 1 aliphatic heterocycles. The molecule has 164 valence electrons. The number of carbonyl (C=O) groups is 1. The summed E-state index contributed by atoms with van der Waals surface area (Å²) in [5.74, 6) is 0.620. The molecule has 1 aromatic carbocycles. The number of nitrogens with one attached hydrogen (secondary N) is 1. The molecule has 1 saturated heterocycles. The van der Waals surface area contributed by atoms with Crippen LogP contribution in [-0.2, 0) is 15.7 Å². The zero-order valence-electron chi connectivity index (χ0n) is 18.5. The van der Waals surface area contributed by atoms with Crippen molar-refractivity contribution in [3.63, 3.8) is 0 Å². The van der Waals surface area contributed by atoms with Gasteiger partial charge in [-0.25, -0.2) is 13.7 Å². The van der Waals surface area contributed by atoms with Gasteiger partial charge in [0.1, 0.15) is 5.60 Å². The molecule has 0 spiro atoms. The van der Waals surface area contributed by atoms with Crippen molar-refractivity contribution in [3.8, 4) is 0 Å². The zero-order chi connectivity index (χ0) is 21.8. The standard InChI is InChI=1S/C22H35BrN2O3S/c1-21(2,3)28-20(26)25-13-11-16(12-14-25)18(15-24-29(27)22(4,5)6)17-9-7-8-10-19(17)23/h7-10,16,18,24H,11-15H2,1-6H3/t18-,29?/m0/s1. The monoisotopic (exact) mass is 486 g/mol. The second kappa shape index (κ2) is 9.92. The third-order valence-electron chi connectivity index (χ3n) is 5.06. The Balaban J connectivity index is 2.09. The average Bonchev–Trinajstić information content (AvgIpc) is 2.61. The quantitative estimate of drug-likeness (QED) is 0.619. The van der Waals surface area contributed by atoms with Gasteiger partial charge in [-0.1, -0.05) is 34.1 Å². The highest BCUT2D eigenvalue weighted by atomic mass is 79.9. The highest BCUT2D eigenvalue weighted by molar-refractivity contribution is 9.10. The predicted octanol–water partition coefficient (Wildman–Crippen LogP) is 5.23. The molecule has 2 atom stereocenters. The molecule has 1 fully saturated rings. The van der Waals surface area contributed by atoms with Gasteiger partial charge in [-0.3, -0.25) is 0 Å². The summed E-state index contributed by atoms with van der Waals surface area (Å²) >= 11 is 3.69. The van der Waals surface area contributed by atoms with Crippen LogP contribution in [0.1, 0.15) is 65.9 Å². The highest BCUT2D eigenvalue weighted by Gasteiger charge is 2.33. The number of ether oxygens (including phenoxy) is 1. The normalized spacial score (nSPS) is 18.4. The largest absolute Gasteiger partial charge is 0.444 e. The third-order valence-corrected chi connectivity index (χ3v) is 7.32. The number of amides is 1. The first-order valence-electron chi connectivity index (χ1n) is 10.3. The fraction of sp³-hybridized carbons (Fsp3) is 0.682. The minimum atomic E-state index is -1.12. The smallest absolute Gasteiger partial charge is 0.410 e. The van der Waals surface area contributed by atoms with Crippen molar-refractivity contribution in [1.29, 1.82) is 0 Å². The molecule has 1 amide bonds. The summed E-state index contributed by atoms with van der Waals surface area (Å²) in [5.41, 5.74) is 0.744. The van der Waals surface area contributed by atoms with Gasteiger partial charge in [0.05, 0.1) is 15.7 Å². The summed E-state index contributed by atoms with van der Waals surface area (Å²) in [6.07, 6.45) is 1.56. The van der Waals surface area contributed by atoms with Gasteiger partial charge in [-0.2, -0.15) is 0 Å². The molecule has 0 aliphatic carbocycles. The molecule has 29 heavy (non-hydrogen) atoms. The van der Waals surface area contributed by atoms with E-state index in [2.05, 4.69) is 32.8 Å². The van der Waals surface area contributed by atoms with Crippen molar-refractivity contribution in [2.45, 2.75) is 70.7 Å². The van der Waals surface area contributed by atoms with E-state index in [0.29, 0.717) is 25.6 Å². The number of benzene rings is 1. The number of likely N-dealkylation sites (tertiary alicyclic amines) is 1. The lowest BCUT2D eigenvalue weighted by molar-refractivity contribution is 0.0174. The maximum atomic E-state index is 12.6. The van der Waals surface area contributed by atoms with Gasteiger partial charge in [0, 0.05) is 30.0 Å². The number of carbonyl (C=O) groups excluding carboxylic acids is 1. The molecular weight excluding hydrogens is 452 g/mol. The lowest BCUT2D eigenvalue weighted by Gasteiger charge is -2.37. The van der Waals surface area contributed by atoms with Gasteiger partial charge in [-0.15, -0.1) is 0 Å². The Bertz CT molecular complexity index is 720. The van der Waals surface area contributed by atoms with Crippen LogP contribution < -0.4 is 4.72 Å². The minimum absolute atomic E-state index is 0.220. The highest BCUT2D eigenvalue weighted by Crippen LogP contribution is 2.36. The molecule has 1 aliphatic rings. The molecule has 1 aromatic rings. The van der Waals surface area contributed by atoms with E-state index in [1.807, 2.05) is 53.7 Å². The van der Waals surface area contributed by atoms with Crippen LogP contribution in [0, 0.1) is 5.92 Å². The molecule has 0 radical (unpaired) electrons. The number of halogens is 1. The Labute approximate surface area is 186 Å². The average molecular weight is 488 g/mol. The Hall–Kier alpha value is -0.920. The topological polar surface area (TPSA) is 58.6 Å². The molecule has 0 bridgehead atoms. The van der Waals surface area contributed by atoms with Gasteiger partial charge in [0.25, 0.3) is 0 Å². The van der Waals surface area contributed by atoms with E-state index in [-0.39, 0.29) is 16.8 Å². The fourth-order valence-electron chi connectivity index (χ4n) is 3.50. The Morgan fingerprint density at radius 2 is 1.79 bits per heavy atom. The number of hydrogen-bond donors (Lipinski definition) is 1. The SMILES string of the molecule is CC(C)(C)OC(=O)N1CCC([C@H](CNS(=O)C(C)(C)C)c2ccccc2Br)CC1. The van der Waals surface area contributed by atoms with Gasteiger partial charge in [0.2, 0.25) is 0 Å². The number of piperidine rings is 1. The maximum absolute atomic E-state index is 12.6. The van der Waals surface area contributed by atoms with Crippen LogP contribution in [0.25, 0.3) is 0 Å². The van der Waals surface area contributed by atoms with E-state index in [4.69, 9.17) is 4.74 Å². The molecule has 0 saturated carbocycles. The van der Waals surface area contributed by atoms with E-state index in [0.717, 1.165) is 17.3 Å². The maximum Gasteiger partial charge on any atom is 0.410 e. The number of rotatable bonds is 5. The first kappa shape index (κ1) is 24.4. The third kappa shape index (κ3) is 7.37. The van der Waals surface area contributed by atoms with Crippen LogP contribution in [0.3, 0.4) is 0 Å². The molecule has 1 heterocycles. The van der Waals surface area contributed by atoms with Gasteiger partial charge >= 0.3 is 6.09 Å². The molecule has 0 aromatic heterocycles. The first-order chi connectivity index (χ1) is 13.4. The molecular formula is C22H35BrN2O3S. The van der Waals surface area contributed by atoms with E-state index >= 15 is 0 Å². The van der Waals surface area contributed by atoms with Crippen LogP contribution in [0.2, 0.25) is 0 Å². The van der Waals surface area contributed by atoms with Crippen molar-refractivity contribution in [1.82, 2.24) is 9.62 Å². The van der Waals surface area contributed by atoms with Crippen molar-refractivity contribution in [3.05, 3.63) is 34.3 Å². The van der Waals surface area contributed by atoms with Crippen LogP contribution in [0.5, 0.6) is 0 Å². The Morgan fingerprint density at radius 1 is 1.21 bits per heavy atom. The second-order valence-corrected chi connectivity index (χ2v) is 12.6. The van der Waals surface area contributed by atoms with Gasteiger partial charge < -0.3 is 9.64 Å². The van der Waals surface area contributed by atoms with Crippen LogP contribution in [0.15, 0.2) is 28.7 Å². The van der Waals surface area contributed by atoms with Crippen molar-refractivity contribution >= 4 is 33.0 Å². The fourth-order valence-corrected chi connectivity index (χ4v) is 4.84. The molecule has 1 N–H and O–H groups in total. The second-order valence-electron chi connectivity index (χ2n) is 9.66. The summed E-state index contributed by atoms with van der Waals surface area (Å²) in [4.78, 5) is 14.2. The summed E-state index contributed by atoms with van der Waals surface area (Å²) in [6.45, 7) is 13.6. The van der Waals surface area contributed by atoms with E-state index in [9.17, 15) is 9.00 Å². The molecule has 2 rings (SSSR count). The van der Waals surface area contributed by atoms with Crippen molar-refractivity contribution in [2.24, 2.45) is 5.92 Å². The van der Waals surface area contributed by atoms with E-state index in [1.165, 1.54) is 5.56 Å². The summed E-state index contributed by atoms with van der Waals surface area (Å²) in [7, 11) is -1.12. The molecule has 7 heteroatoms. The zero-order valence-corrected chi connectivity index (χ0v) is 20.9. The van der Waals surface area contributed by atoms with Crippen LogP contribution in [-0.4, -0.2) is 45.2 Å².